The van der Waals surface area contributed by atoms with E-state index in [0.29, 0.717) is 0 Å². The van der Waals surface area contributed by atoms with Crippen molar-refractivity contribution >= 4 is 17.5 Å². The standard InChI is InChI=1S/C15H19N3O2/c1-17-9-14(20)18(10-13(17)19)12-5-3-11(4-6-12)15(16)7-2-8-15/h3-6H,2,7-10,16H2,1H3. The molecule has 5 nitrogen and oxygen atoms in total. The molecule has 0 spiro atoms. The number of benzene rings is 1. The monoisotopic (exact) mass is 273 g/mol. The first kappa shape index (κ1) is 13.1. The zero-order valence-corrected chi connectivity index (χ0v) is 11.6. The normalized spacial score (nSPS) is 21.9. The Morgan fingerprint density at radius 1 is 1.05 bits per heavy atom. The molecular formula is C15H19N3O2. The van der Waals surface area contributed by atoms with Crippen LogP contribution in [0.4, 0.5) is 5.69 Å². The number of piperazine rings is 1. The van der Waals surface area contributed by atoms with E-state index >= 15 is 0 Å². The second-order valence-corrected chi connectivity index (χ2v) is 5.79. The number of nitrogens with two attached hydrogens (primary N) is 1. The van der Waals surface area contributed by atoms with Gasteiger partial charge in [-0.05, 0) is 37.0 Å². The molecule has 1 aromatic carbocycles. The lowest BCUT2D eigenvalue weighted by Crippen LogP contribution is -2.52. The maximum Gasteiger partial charge on any atom is 0.247 e. The Bertz CT molecular complexity index is 549. The molecule has 2 fully saturated rings. The highest BCUT2D eigenvalue weighted by Gasteiger charge is 2.34. The third kappa shape index (κ3) is 2.08. The maximum absolute atomic E-state index is 12.0. The van der Waals surface area contributed by atoms with E-state index in [0.717, 1.165) is 24.1 Å². The number of anilines is 1. The molecule has 3 rings (SSSR count). The van der Waals surface area contributed by atoms with E-state index in [2.05, 4.69) is 0 Å². The third-order valence-electron chi connectivity index (χ3n) is 4.39. The molecule has 1 aromatic rings. The highest BCUT2D eigenvalue weighted by atomic mass is 16.2. The van der Waals surface area contributed by atoms with Gasteiger partial charge in [0.15, 0.2) is 0 Å². The number of likely N-dealkylation sites (N-methyl/N-ethyl adjacent to an activating group) is 1. The first-order valence-electron chi connectivity index (χ1n) is 6.93. The van der Waals surface area contributed by atoms with E-state index in [1.807, 2.05) is 24.3 Å². The Balaban J connectivity index is 1.80. The van der Waals surface area contributed by atoms with Crippen molar-refractivity contribution in [2.45, 2.75) is 24.8 Å². The van der Waals surface area contributed by atoms with Gasteiger partial charge in [0.2, 0.25) is 11.8 Å². The van der Waals surface area contributed by atoms with Crippen molar-refractivity contribution in [3.05, 3.63) is 29.8 Å². The van der Waals surface area contributed by atoms with E-state index in [-0.39, 0.29) is 30.4 Å². The average Bonchev–Trinajstić information content (AvgIpc) is 2.40. The number of rotatable bonds is 2. The molecule has 5 heteroatoms. The van der Waals surface area contributed by atoms with Gasteiger partial charge in [0.05, 0.1) is 6.54 Å². The molecule has 0 unspecified atom stereocenters. The van der Waals surface area contributed by atoms with Crippen LogP contribution >= 0.6 is 0 Å². The molecule has 0 aromatic heterocycles. The van der Waals surface area contributed by atoms with Crippen LogP contribution in [0.3, 0.4) is 0 Å². The zero-order valence-electron chi connectivity index (χ0n) is 11.6. The van der Waals surface area contributed by atoms with Gasteiger partial charge in [-0.1, -0.05) is 12.1 Å². The molecule has 20 heavy (non-hydrogen) atoms. The molecule has 2 amide bonds. The van der Waals surface area contributed by atoms with E-state index < -0.39 is 0 Å². The molecule has 1 heterocycles. The predicted octanol–water partition coefficient (Wildman–Crippen LogP) is 0.829. The van der Waals surface area contributed by atoms with Gasteiger partial charge in [0, 0.05) is 18.3 Å². The Morgan fingerprint density at radius 2 is 1.70 bits per heavy atom. The second kappa shape index (κ2) is 4.59. The number of hydrogen-bond acceptors (Lipinski definition) is 3. The number of hydrogen-bond donors (Lipinski definition) is 1. The summed E-state index contributed by atoms with van der Waals surface area (Å²) in [5.74, 6) is -0.0890. The molecular weight excluding hydrogens is 254 g/mol. The van der Waals surface area contributed by atoms with Gasteiger partial charge in [-0.2, -0.15) is 0 Å². The highest BCUT2D eigenvalue weighted by Crippen LogP contribution is 2.39. The fourth-order valence-corrected chi connectivity index (χ4v) is 2.78. The van der Waals surface area contributed by atoms with Gasteiger partial charge in [-0.25, -0.2) is 0 Å². The summed E-state index contributed by atoms with van der Waals surface area (Å²) < 4.78 is 0. The molecule has 2 aliphatic rings. The summed E-state index contributed by atoms with van der Waals surface area (Å²) in [6.07, 6.45) is 3.19. The molecule has 1 aliphatic carbocycles. The number of nitrogens with zero attached hydrogens (tertiary/aromatic N) is 2. The van der Waals surface area contributed by atoms with Crippen LogP contribution < -0.4 is 10.6 Å². The topological polar surface area (TPSA) is 66.6 Å². The summed E-state index contributed by atoms with van der Waals surface area (Å²) in [5.41, 5.74) is 7.96. The summed E-state index contributed by atoms with van der Waals surface area (Å²) in [7, 11) is 1.65. The summed E-state index contributed by atoms with van der Waals surface area (Å²) in [5, 5.41) is 0. The predicted molar refractivity (Wildman–Crippen MR) is 76.1 cm³/mol. The first-order valence-corrected chi connectivity index (χ1v) is 6.93. The number of carbonyl (C=O) groups is 2. The van der Waals surface area contributed by atoms with E-state index in [9.17, 15) is 9.59 Å². The van der Waals surface area contributed by atoms with Crippen molar-refractivity contribution < 1.29 is 9.59 Å². The van der Waals surface area contributed by atoms with E-state index in [1.165, 1.54) is 16.2 Å². The van der Waals surface area contributed by atoms with Gasteiger partial charge in [0.1, 0.15) is 6.54 Å². The van der Waals surface area contributed by atoms with Crippen LogP contribution in [0.25, 0.3) is 0 Å². The maximum atomic E-state index is 12.0. The van der Waals surface area contributed by atoms with Gasteiger partial charge in [-0.3, -0.25) is 9.59 Å². The van der Waals surface area contributed by atoms with Crippen molar-refractivity contribution in [1.82, 2.24) is 4.90 Å². The SMILES string of the molecule is CN1CC(=O)N(c2ccc(C3(N)CCC3)cc2)CC1=O. The zero-order chi connectivity index (χ0) is 14.3. The minimum Gasteiger partial charge on any atom is -0.335 e. The summed E-state index contributed by atoms with van der Waals surface area (Å²) in [6.45, 7) is 0.254. The lowest BCUT2D eigenvalue weighted by Gasteiger charge is -2.39. The van der Waals surface area contributed by atoms with Gasteiger partial charge in [-0.15, -0.1) is 0 Å². The van der Waals surface area contributed by atoms with E-state index in [1.54, 1.807) is 7.05 Å². The Morgan fingerprint density at radius 3 is 2.25 bits per heavy atom. The molecule has 0 atom stereocenters. The minimum absolute atomic E-state index is 0.0389. The third-order valence-corrected chi connectivity index (χ3v) is 4.39. The Hall–Kier alpha value is -1.88. The van der Waals surface area contributed by atoms with E-state index in [4.69, 9.17) is 5.73 Å². The van der Waals surface area contributed by atoms with Crippen LogP contribution in [0.2, 0.25) is 0 Å². The first-order chi connectivity index (χ1) is 9.49. The Labute approximate surface area is 118 Å². The summed E-state index contributed by atoms with van der Waals surface area (Å²) in [6, 6.07) is 7.73. The average molecular weight is 273 g/mol. The highest BCUT2D eigenvalue weighted by molar-refractivity contribution is 6.04. The fourth-order valence-electron chi connectivity index (χ4n) is 2.78. The smallest absolute Gasteiger partial charge is 0.247 e. The summed E-state index contributed by atoms with van der Waals surface area (Å²) in [4.78, 5) is 26.7. The van der Waals surface area contributed by atoms with Crippen LogP contribution in [0.5, 0.6) is 0 Å². The van der Waals surface area contributed by atoms with Crippen LogP contribution in [0, 0.1) is 0 Å². The van der Waals surface area contributed by atoms with Crippen LogP contribution in [0.15, 0.2) is 24.3 Å². The van der Waals surface area contributed by atoms with Crippen LogP contribution in [-0.4, -0.2) is 36.9 Å². The molecule has 2 N–H and O–H groups in total. The number of amides is 2. The lowest BCUT2D eigenvalue weighted by molar-refractivity contribution is -0.136. The molecule has 1 saturated heterocycles. The Kier molecular flexibility index (Phi) is 3.01. The second-order valence-electron chi connectivity index (χ2n) is 5.79. The molecule has 0 bridgehead atoms. The van der Waals surface area contributed by atoms with Gasteiger partial charge < -0.3 is 15.5 Å². The van der Waals surface area contributed by atoms with Crippen molar-refractivity contribution in [1.29, 1.82) is 0 Å². The minimum atomic E-state index is -0.194. The van der Waals surface area contributed by atoms with Crippen LogP contribution in [-0.2, 0) is 15.1 Å². The molecule has 0 radical (unpaired) electrons. The summed E-state index contributed by atoms with van der Waals surface area (Å²) >= 11 is 0. The molecule has 1 aliphatic heterocycles. The van der Waals surface area contributed by atoms with Crippen LogP contribution in [0.1, 0.15) is 24.8 Å². The van der Waals surface area contributed by atoms with Crippen molar-refractivity contribution in [3.8, 4) is 0 Å². The fraction of sp³-hybridized carbons (Fsp3) is 0.467. The van der Waals surface area contributed by atoms with Crippen molar-refractivity contribution in [3.63, 3.8) is 0 Å². The number of carbonyl (C=O) groups excluding carboxylic acids is 2. The van der Waals surface area contributed by atoms with Crippen molar-refractivity contribution in [2.75, 3.05) is 25.0 Å². The molecule has 106 valence electrons. The van der Waals surface area contributed by atoms with Crippen molar-refractivity contribution in [2.24, 2.45) is 5.73 Å². The quantitative estimate of drug-likeness (QED) is 0.868. The largest absolute Gasteiger partial charge is 0.335 e. The van der Waals surface area contributed by atoms with Gasteiger partial charge >= 0.3 is 0 Å². The lowest BCUT2D eigenvalue weighted by atomic mass is 9.73. The molecule has 1 saturated carbocycles. The van der Waals surface area contributed by atoms with Gasteiger partial charge in [0.25, 0.3) is 0 Å².